The van der Waals surface area contributed by atoms with Gasteiger partial charge in [-0.2, -0.15) is 8.42 Å². The number of rotatable bonds is 13. The fraction of sp³-hybridized carbons (Fsp3) is 0.684. The van der Waals surface area contributed by atoms with E-state index in [9.17, 15) is 8.42 Å². The Balaban J connectivity index is -0.00000176. The molecule has 136 valence electrons. The minimum absolute atomic E-state index is 0. The van der Waals surface area contributed by atoms with Crippen LogP contribution in [0.3, 0.4) is 0 Å². The molecule has 0 saturated carbocycles. The molecule has 0 saturated heterocycles. The van der Waals surface area contributed by atoms with Gasteiger partial charge in [0.15, 0.2) is 0 Å². The molecule has 0 aliphatic heterocycles. The van der Waals surface area contributed by atoms with E-state index in [-0.39, 0.29) is 40.6 Å². The van der Waals surface area contributed by atoms with Crippen molar-refractivity contribution in [3.63, 3.8) is 0 Å². The Morgan fingerprint density at radius 2 is 1.38 bits per heavy atom. The molecule has 0 N–H and O–H groups in total. The third-order valence-electron chi connectivity index (χ3n) is 4.26. The van der Waals surface area contributed by atoms with Crippen molar-refractivity contribution in [2.24, 2.45) is 0 Å². The monoisotopic (exact) mass is 382 g/mol. The van der Waals surface area contributed by atoms with Crippen molar-refractivity contribution in [3.8, 4) is 0 Å². The van der Waals surface area contributed by atoms with Gasteiger partial charge in [0.1, 0.15) is 0 Å². The van der Waals surface area contributed by atoms with Gasteiger partial charge in [-0.3, -0.25) is 4.18 Å². The quantitative estimate of drug-likeness (QED) is 0.263. The third-order valence-corrected chi connectivity index (χ3v) is 5.64. The molecule has 0 atom stereocenters. The Bertz CT molecular complexity index is 539. The second-order valence-corrected chi connectivity index (χ2v) is 7.84. The van der Waals surface area contributed by atoms with Crippen LogP contribution in [0.2, 0.25) is 0 Å². The van der Waals surface area contributed by atoms with Crippen LogP contribution in [0, 0.1) is 0 Å². The van der Waals surface area contributed by atoms with E-state index in [2.05, 4.69) is 11.1 Å². The average Bonchev–Trinajstić information content (AvgIpc) is 2.57. The molecule has 0 amide bonds. The van der Waals surface area contributed by atoms with Gasteiger partial charge in [0.25, 0.3) is 10.1 Å². The molecule has 5 heteroatoms. The van der Waals surface area contributed by atoms with Gasteiger partial charge in [-0.1, -0.05) is 82.9 Å². The molecule has 0 radical (unpaired) electrons. The van der Waals surface area contributed by atoms with Gasteiger partial charge in [-0.25, -0.2) is 0 Å². The fourth-order valence-corrected chi connectivity index (χ4v) is 3.76. The van der Waals surface area contributed by atoms with E-state index in [0.29, 0.717) is 4.90 Å². The molecule has 0 bridgehead atoms. The van der Waals surface area contributed by atoms with Crippen LogP contribution < -0.4 is 0 Å². The minimum atomic E-state index is -3.59. The first-order valence-electron chi connectivity index (χ1n) is 9.00. The van der Waals surface area contributed by atoms with Gasteiger partial charge in [-0.05, 0) is 24.5 Å². The Morgan fingerprint density at radius 1 is 0.875 bits per heavy atom. The second kappa shape index (κ2) is 14.5. The van der Waals surface area contributed by atoms with Crippen LogP contribution in [-0.4, -0.2) is 53.3 Å². The zero-order valence-electron chi connectivity index (χ0n) is 17.4. The standard InChI is InChI=1S/C19H32O3S.Ca.2H/c1-3-4-5-6-7-8-9-10-11-12-15-18-16-13-14-17-19(18)23(20,21)22-2;;;/h13-14,16-17H,3-12,15H2,1-2H3;;;/q;+2;2*-1. The summed E-state index contributed by atoms with van der Waals surface area (Å²) in [4.78, 5) is 0.318. The van der Waals surface area contributed by atoms with Gasteiger partial charge in [0, 0.05) is 0 Å². The summed E-state index contributed by atoms with van der Waals surface area (Å²) in [6.45, 7) is 2.25. The molecule has 0 spiro atoms. The molecule has 0 aliphatic carbocycles. The van der Waals surface area contributed by atoms with Crippen LogP contribution in [0.1, 0.15) is 79.5 Å². The van der Waals surface area contributed by atoms with E-state index in [1.807, 2.05) is 12.1 Å². The molecule has 1 aromatic rings. The Morgan fingerprint density at radius 3 is 1.92 bits per heavy atom. The van der Waals surface area contributed by atoms with E-state index in [1.54, 1.807) is 12.1 Å². The summed E-state index contributed by atoms with van der Waals surface area (Å²) >= 11 is 0. The fourth-order valence-electron chi connectivity index (χ4n) is 2.85. The third kappa shape index (κ3) is 9.76. The molecule has 0 fully saturated rings. The molecular weight excluding hydrogens is 348 g/mol. The number of hydrogen-bond acceptors (Lipinski definition) is 3. The van der Waals surface area contributed by atoms with Gasteiger partial charge in [0.2, 0.25) is 0 Å². The summed E-state index contributed by atoms with van der Waals surface area (Å²) in [5.41, 5.74) is 0.869. The van der Waals surface area contributed by atoms with E-state index >= 15 is 0 Å². The summed E-state index contributed by atoms with van der Waals surface area (Å²) in [6.07, 6.45) is 13.6. The SMILES string of the molecule is CCCCCCCCCCCCc1ccccc1S(=O)(=O)OC.[Ca+2].[H-].[H-]. The van der Waals surface area contributed by atoms with Crippen molar-refractivity contribution in [2.75, 3.05) is 7.11 Å². The van der Waals surface area contributed by atoms with Crippen LogP contribution in [0.15, 0.2) is 29.2 Å². The number of aryl methyl sites for hydroxylation is 1. The van der Waals surface area contributed by atoms with Gasteiger partial charge < -0.3 is 2.85 Å². The number of unbranched alkanes of at least 4 members (excludes halogenated alkanes) is 9. The zero-order valence-corrected chi connectivity index (χ0v) is 18.5. The van der Waals surface area contributed by atoms with E-state index in [4.69, 9.17) is 0 Å². The first-order chi connectivity index (χ1) is 11.1. The van der Waals surface area contributed by atoms with Crippen molar-refractivity contribution in [2.45, 2.75) is 82.4 Å². The molecule has 0 aromatic heterocycles. The molecular formula is C19H34CaO3S. The van der Waals surface area contributed by atoms with Crippen molar-refractivity contribution in [1.29, 1.82) is 0 Å². The Kier molecular flexibility index (Phi) is 14.8. The normalized spacial score (nSPS) is 11.2. The van der Waals surface area contributed by atoms with E-state index in [0.717, 1.165) is 24.8 Å². The predicted molar refractivity (Wildman–Crippen MR) is 104 cm³/mol. The van der Waals surface area contributed by atoms with Crippen LogP contribution in [-0.2, 0) is 20.7 Å². The molecule has 1 aromatic carbocycles. The van der Waals surface area contributed by atoms with E-state index in [1.165, 1.54) is 58.5 Å². The Labute approximate surface area is 181 Å². The molecule has 24 heavy (non-hydrogen) atoms. The summed E-state index contributed by atoms with van der Waals surface area (Å²) < 4.78 is 28.4. The zero-order chi connectivity index (χ0) is 17.0. The van der Waals surface area contributed by atoms with Crippen molar-refractivity contribution in [3.05, 3.63) is 29.8 Å². The van der Waals surface area contributed by atoms with Gasteiger partial charge in [-0.15, -0.1) is 0 Å². The summed E-state index contributed by atoms with van der Waals surface area (Å²) in [7, 11) is -2.38. The van der Waals surface area contributed by atoms with Crippen molar-refractivity contribution < 1.29 is 15.5 Å². The van der Waals surface area contributed by atoms with E-state index < -0.39 is 10.1 Å². The molecule has 3 nitrogen and oxygen atoms in total. The molecule has 1 rings (SSSR count). The summed E-state index contributed by atoms with van der Waals surface area (Å²) in [5, 5.41) is 0. The number of hydrogen-bond donors (Lipinski definition) is 0. The smallest absolute Gasteiger partial charge is 1.00 e. The van der Waals surface area contributed by atoms with Crippen LogP contribution >= 0.6 is 0 Å². The molecule has 0 heterocycles. The average molecular weight is 383 g/mol. The van der Waals surface area contributed by atoms with Crippen molar-refractivity contribution in [1.82, 2.24) is 0 Å². The Hall–Kier alpha value is 0.390. The largest absolute Gasteiger partial charge is 2.00 e. The predicted octanol–water partition coefficient (Wildman–Crippen LogP) is 5.33. The van der Waals surface area contributed by atoms with Crippen LogP contribution in [0.5, 0.6) is 0 Å². The van der Waals surface area contributed by atoms with Crippen LogP contribution in [0.25, 0.3) is 0 Å². The first-order valence-corrected chi connectivity index (χ1v) is 10.4. The topological polar surface area (TPSA) is 43.4 Å². The first kappa shape index (κ1) is 24.4. The second-order valence-electron chi connectivity index (χ2n) is 6.16. The van der Waals surface area contributed by atoms with Crippen molar-refractivity contribution >= 4 is 47.9 Å². The molecule has 0 unspecified atom stereocenters. The van der Waals surface area contributed by atoms with Gasteiger partial charge in [0.05, 0.1) is 12.0 Å². The molecule has 0 aliphatic rings. The minimum Gasteiger partial charge on any atom is -1.00 e. The summed E-state index contributed by atoms with van der Waals surface area (Å²) in [5.74, 6) is 0. The maximum atomic E-state index is 11.9. The maximum absolute atomic E-state index is 11.9. The number of benzene rings is 1. The summed E-state index contributed by atoms with van der Waals surface area (Å²) in [6, 6.07) is 7.15. The van der Waals surface area contributed by atoms with Crippen LogP contribution in [0.4, 0.5) is 0 Å². The maximum Gasteiger partial charge on any atom is 2.00 e. The van der Waals surface area contributed by atoms with Gasteiger partial charge >= 0.3 is 37.7 Å².